The highest BCUT2D eigenvalue weighted by Crippen LogP contribution is 2.38. The average molecular weight is 484 g/mol. The van der Waals surface area contributed by atoms with Gasteiger partial charge in [0.1, 0.15) is 17.5 Å². The van der Waals surface area contributed by atoms with Crippen LogP contribution in [0.5, 0.6) is 0 Å². The van der Waals surface area contributed by atoms with Crippen LogP contribution < -0.4 is 10.2 Å². The number of H-pyrrole nitrogens is 1. The summed E-state index contributed by atoms with van der Waals surface area (Å²) < 4.78 is 1.59. The topological polar surface area (TPSA) is 109 Å². The van der Waals surface area contributed by atoms with Crippen molar-refractivity contribution < 1.29 is 9.59 Å². The Labute approximate surface area is 199 Å². The molecular formula is C22H22ClN7O2S. The molecule has 0 aliphatic carbocycles. The maximum absolute atomic E-state index is 13.1. The van der Waals surface area contributed by atoms with Crippen molar-refractivity contribution in [2.75, 3.05) is 17.7 Å². The molecule has 1 atom stereocenters. The van der Waals surface area contributed by atoms with E-state index in [9.17, 15) is 9.59 Å². The number of aromatic amines is 1. The number of thioether (sulfide) groups is 1. The van der Waals surface area contributed by atoms with Gasteiger partial charge >= 0.3 is 0 Å². The van der Waals surface area contributed by atoms with Gasteiger partial charge in [0, 0.05) is 23.1 Å². The third-order valence-electron chi connectivity index (χ3n) is 5.22. The third-order valence-corrected chi connectivity index (χ3v) is 6.64. The second-order valence-corrected chi connectivity index (χ2v) is 8.80. The summed E-state index contributed by atoms with van der Waals surface area (Å²) >= 11 is 7.63. The van der Waals surface area contributed by atoms with Crippen LogP contribution in [0, 0.1) is 0 Å². The van der Waals surface area contributed by atoms with E-state index < -0.39 is 11.9 Å². The largest absolute Gasteiger partial charge is 0.337 e. The molecule has 0 saturated carbocycles. The minimum Gasteiger partial charge on any atom is -0.337 e. The molecule has 0 fully saturated rings. The van der Waals surface area contributed by atoms with Gasteiger partial charge in [-0.3, -0.25) is 14.7 Å². The predicted molar refractivity (Wildman–Crippen MR) is 129 cm³/mol. The van der Waals surface area contributed by atoms with Crippen molar-refractivity contribution in [1.29, 1.82) is 0 Å². The van der Waals surface area contributed by atoms with E-state index in [1.807, 2.05) is 42.5 Å². The first-order valence-electron chi connectivity index (χ1n) is 9.82. The van der Waals surface area contributed by atoms with Gasteiger partial charge in [-0.2, -0.15) is 5.10 Å². The molecule has 2 amide bonds. The first-order chi connectivity index (χ1) is 15.5. The Morgan fingerprint density at radius 3 is 2.88 bits per heavy atom. The molecule has 0 spiro atoms. The number of benzene rings is 2. The van der Waals surface area contributed by atoms with Crippen LogP contribution >= 0.6 is 23.4 Å². The minimum absolute atomic E-state index is 0. The number of rotatable bonds is 4. The average Bonchev–Trinajstić information content (AvgIpc) is 3.39. The van der Waals surface area contributed by atoms with Crippen LogP contribution in [0.15, 0.2) is 53.7 Å². The molecule has 5 rings (SSSR count). The lowest BCUT2D eigenvalue weighted by Gasteiger charge is -2.21. The standard InChI is InChI=1S/C21H18ClN7O2S.CH4/c1-28-16-7-13-14(25-26-18(13)22)8-17(16)32-10-15(21(28)31)24-20(30)19-23-11-29(27-19)9-12-5-3-2-4-6-12;/h2-8,11,15H,9-10H2,1H3,(H,24,30)(H,25,26);1H4/t15-;/m0./s1. The smallest absolute Gasteiger partial charge is 0.291 e. The van der Waals surface area contributed by atoms with Gasteiger partial charge in [0.25, 0.3) is 5.91 Å². The van der Waals surface area contributed by atoms with Gasteiger partial charge < -0.3 is 10.2 Å². The van der Waals surface area contributed by atoms with Crippen LogP contribution in [0.1, 0.15) is 23.6 Å². The molecule has 170 valence electrons. The molecule has 0 saturated heterocycles. The summed E-state index contributed by atoms with van der Waals surface area (Å²) in [5.74, 6) is -0.329. The fourth-order valence-corrected chi connectivity index (χ4v) is 4.85. The van der Waals surface area contributed by atoms with E-state index in [-0.39, 0.29) is 19.2 Å². The van der Waals surface area contributed by atoms with E-state index in [0.29, 0.717) is 17.5 Å². The highest BCUT2D eigenvalue weighted by Gasteiger charge is 2.31. The molecule has 1 aliphatic heterocycles. The van der Waals surface area contributed by atoms with Crippen molar-refractivity contribution in [2.45, 2.75) is 24.9 Å². The molecule has 1 aliphatic rings. The van der Waals surface area contributed by atoms with Crippen molar-refractivity contribution in [1.82, 2.24) is 30.3 Å². The number of hydrogen-bond donors (Lipinski definition) is 2. The van der Waals surface area contributed by atoms with E-state index in [1.165, 1.54) is 23.0 Å². The SMILES string of the molecule is C.CN1C(=O)[C@@H](NC(=O)c2ncn(Cc3ccccc3)n2)CSc2cc3n[nH]c(Cl)c3cc21. The molecule has 33 heavy (non-hydrogen) atoms. The molecule has 3 heterocycles. The quantitative estimate of drug-likeness (QED) is 0.460. The zero-order chi connectivity index (χ0) is 22.2. The number of halogens is 1. The molecule has 2 N–H and O–H groups in total. The van der Waals surface area contributed by atoms with Crippen LogP contribution in [0.4, 0.5) is 5.69 Å². The van der Waals surface area contributed by atoms with Crippen molar-refractivity contribution in [3.63, 3.8) is 0 Å². The Morgan fingerprint density at radius 1 is 1.30 bits per heavy atom. The van der Waals surface area contributed by atoms with Gasteiger partial charge in [-0.05, 0) is 17.7 Å². The number of aromatic nitrogens is 5. The molecule has 11 heteroatoms. The maximum atomic E-state index is 13.1. The third kappa shape index (κ3) is 4.44. The van der Waals surface area contributed by atoms with Gasteiger partial charge in [0.05, 0.1) is 17.7 Å². The molecule has 0 radical (unpaired) electrons. The molecule has 2 aromatic heterocycles. The molecular weight excluding hydrogens is 462 g/mol. The first kappa shape index (κ1) is 22.8. The summed E-state index contributed by atoms with van der Waals surface area (Å²) in [6, 6.07) is 12.8. The van der Waals surface area contributed by atoms with Crippen molar-refractivity contribution in [2.24, 2.45) is 0 Å². The van der Waals surface area contributed by atoms with Crippen LogP contribution in [0.3, 0.4) is 0 Å². The Kier molecular flexibility index (Phi) is 6.39. The second-order valence-electron chi connectivity index (χ2n) is 7.36. The number of likely N-dealkylation sites (N-methyl/N-ethyl adjacent to an activating group) is 1. The van der Waals surface area contributed by atoms with Crippen LogP contribution in [-0.2, 0) is 11.3 Å². The van der Waals surface area contributed by atoms with Gasteiger partial charge in [0.2, 0.25) is 11.7 Å². The number of amides is 2. The van der Waals surface area contributed by atoms with Crippen molar-refractivity contribution in [3.05, 3.63) is 65.3 Å². The summed E-state index contributed by atoms with van der Waals surface area (Å²) in [5.41, 5.74) is 2.49. The Balaban J connectivity index is 0.00000259. The number of carbonyl (C=O) groups is 2. The first-order valence-corrected chi connectivity index (χ1v) is 11.2. The predicted octanol–water partition coefficient (Wildman–Crippen LogP) is 3.36. The zero-order valence-electron chi connectivity index (χ0n) is 16.9. The molecule has 9 nitrogen and oxygen atoms in total. The molecule has 0 bridgehead atoms. The van der Waals surface area contributed by atoms with E-state index in [1.54, 1.807) is 11.7 Å². The maximum Gasteiger partial charge on any atom is 0.291 e. The fraction of sp³-hybridized carbons (Fsp3) is 0.227. The van der Waals surface area contributed by atoms with E-state index in [4.69, 9.17) is 11.6 Å². The van der Waals surface area contributed by atoms with Crippen LogP contribution in [0.25, 0.3) is 10.9 Å². The number of fused-ring (bicyclic) bond motifs is 2. The number of hydrogen-bond acceptors (Lipinski definition) is 6. The normalized spacial score (nSPS) is 15.6. The van der Waals surface area contributed by atoms with Gasteiger partial charge in [-0.15, -0.1) is 16.9 Å². The number of nitrogens with one attached hydrogen (secondary N) is 2. The number of nitrogens with zero attached hydrogens (tertiary/aromatic N) is 5. The van der Waals surface area contributed by atoms with Crippen molar-refractivity contribution >= 4 is 51.8 Å². The van der Waals surface area contributed by atoms with E-state index >= 15 is 0 Å². The summed E-state index contributed by atoms with van der Waals surface area (Å²) in [4.78, 5) is 32.4. The highest BCUT2D eigenvalue weighted by atomic mass is 35.5. The molecule has 0 unspecified atom stereocenters. The number of carbonyl (C=O) groups excluding carboxylic acids is 2. The van der Waals surface area contributed by atoms with Gasteiger partial charge in [-0.1, -0.05) is 49.4 Å². The Bertz CT molecular complexity index is 1320. The summed E-state index contributed by atoms with van der Waals surface area (Å²) in [6.07, 6.45) is 1.51. The fourth-order valence-electron chi connectivity index (χ4n) is 3.54. The second kappa shape index (κ2) is 9.24. The van der Waals surface area contributed by atoms with Gasteiger partial charge in [0.15, 0.2) is 0 Å². The lowest BCUT2D eigenvalue weighted by atomic mass is 10.2. The van der Waals surface area contributed by atoms with E-state index in [2.05, 4.69) is 25.6 Å². The molecule has 2 aromatic carbocycles. The lowest BCUT2D eigenvalue weighted by molar-refractivity contribution is -0.119. The van der Waals surface area contributed by atoms with Gasteiger partial charge in [-0.25, -0.2) is 9.67 Å². The zero-order valence-corrected chi connectivity index (χ0v) is 18.5. The summed E-state index contributed by atoms with van der Waals surface area (Å²) in [5, 5.41) is 15.1. The van der Waals surface area contributed by atoms with Crippen LogP contribution in [-0.4, -0.2) is 55.6 Å². The molecule has 4 aromatic rings. The summed E-state index contributed by atoms with van der Waals surface area (Å²) in [7, 11) is 1.68. The van der Waals surface area contributed by atoms with E-state index in [0.717, 1.165) is 27.0 Å². The Hall–Kier alpha value is -3.37. The minimum atomic E-state index is -0.727. The van der Waals surface area contributed by atoms with Crippen molar-refractivity contribution in [3.8, 4) is 0 Å². The monoisotopic (exact) mass is 483 g/mol. The van der Waals surface area contributed by atoms with Crippen LogP contribution in [0.2, 0.25) is 5.15 Å². The lowest BCUT2D eigenvalue weighted by Crippen LogP contribution is -2.48. The highest BCUT2D eigenvalue weighted by molar-refractivity contribution is 7.99. The Morgan fingerprint density at radius 2 is 2.09 bits per heavy atom. The number of anilines is 1. The summed E-state index contributed by atoms with van der Waals surface area (Å²) in [6.45, 7) is 0.502.